The summed E-state index contributed by atoms with van der Waals surface area (Å²) >= 11 is 0. The van der Waals surface area contributed by atoms with Crippen molar-refractivity contribution in [3.8, 4) is 5.75 Å². The quantitative estimate of drug-likeness (QED) is 0.748. The summed E-state index contributed by atoms with van der Waals surface area (Å²) in [5, 5.41) is 5.47. The molecule has 0 saturated heterocycles. The lowest BCUT2D eigenvalue weighted by molar-refractivity contribution is -0.122. The first-order valence-corrected chi connectivity index (χ1v) is 8.45. The van der Waals surface area contributed by atoms with E-state index in [0.29, 0.717) is 23.5 Å². The van der Waals surface area contributed by atoms with E-state index < -0.39 is 6.10 Å². The van der Waals surface area contributed by atoms with Crippen LogP contribution in [0, 0.1) is 13.8 Å². The van der Waals surface area contributed by atoms with Gasteiger partial charge in [-0.3, -0.25) is 9.59 Å². The molecule has 0 saturated carbocycles. The Balaban J connectivity index is 2.07. The predicted octanol–water partition coefficient (Wildman–Crippen LogP) is 3.63. The van der Waals surface area contributed by atoms with Crippen LogP contribution < -0.4 is 15.4 Å². The first kappa shape index (κ1) is 19.2. The van der Waals surface area contributed by atoms with E-state index in [1.165, 1.54) is 0 Å². The van der Waals surface area contributed by atoms with Gasteiger partial charge in [0.2, 0.25) is 0 Å². The van der Waals surface area contributed by atoms with Crippen molar-refractivity contribution >= 4 is 17.5 Å². The molecular weight excluding hydrogens is 328 g/mol. The van der Waals surface area contributed by atoms with Crippen LogP contribution in [0.25, 0.3) is 0 Å². The van der Waals surface area contributed by atoms with Crippen molar-refractivity contribution in [3.63, 3.8) is 0 Å². The molecule has 0 radical (unpaired) electrons. The lowest BCUT2D eigenvalue weighted by atomic mass is 10.1. The minimum Gasteiger partial charge on any atom is -0.481 e. The van der Waals surface area contributed by atoms with Gasteiger partial charge < -0.3 is 15.4 Å². The Morgan fingerprint density at radius 3 is 2.58 bits per heavy atom. The number of ether oxygens (including phenoxy) is 1. The third-order valence-electron chi connectivity index (χ3n) is 4.00. The fourth-order valence-corrected chi connectivity index (χ4v) is 2.33. The molecule has 0 aliphatic rings. The van der Waals surface area contributed by atoms with Crippen molar-refractivity contribution in [2.24, 2.45) is 0 Å². The molecule has 136 valence electrons. The van der Waals surface area contributed by atoms with E-state index in [-0.39, 0.29) is 11.8 Å². The largest absolute Gasteiger partial charge is 0.481 e. The van der Waals surface area contributed by atoms with E-state index in [1.807, 2.05) is 32.0 Å². The number of hydrogen-bond donors (Lipinski definition) is 2. The number of hydrogen-bond acceptors (Lipinski definition) is 3. The molecule has 0 aliphatic carbocycles. The van der Waals surface area contributed by atoms with E-state index in [1.54, 1.807) is 37.3 Å². The second kappa shape index (κ2) is 8.85. The van der Waals surface area contributed by atoms with Crippen LogP contribution in [0.4, 0.5) is 5.69 Å². The van der Waals surface area contributed by atoms with Gasteiger partial charge in [0.05, 0.1) is 11.3 Å². The summed E-state index contributed by atoms with van der Waals surface area (Å²) in [5.41, 5.74) is 3.09. The fourth-order valence-electron chi connectivity index (χ4n) is 2.33. The number of anilines is 1. The third kappa shape index (κ3) is 4.96. The summed E-state index contributed by atoms with van der Waals surface area (Å²) in [4.78, 5) is 24.7. The number of amides is 2. The molecule has 2 rings (SSSR count). The summed E-state index contributed by atoms with van der Waals surface area (Å²) in [6, 6.07) is 12.5. The maximum absolute atomic E-state index is 12.5. The highest BCUT2D eigenvalue weighted by atomic mass is 16.5. The van der Waals surface area contributed by atoms with E-state index in [9.17, 15) is 9.59 Å². The first-order valence-electron chi connectivity index (χ1n) is 8.45. The Hall–Kier alpha value is -3.08. The number of aryl methyl sites for hydroxylation is 2. The average Bonchev–Trinajstić information content (AvgIpc) is 2.63. The molecule has 2 N–H and O–H groups in total. The number of para-hydroxylation sites is 1. The van der Waals surface area contributed by atoms with Crippen LogP contribution in [0.1, 0.15) is 28.4 Å². The van der Waals surface area contributed by atoms with Gasteiger partial charge in [-0.2, -0.15) is 0 Å². The molecule has 5 heteroatoms. The lowest BCUT2D eigenvalue weighted by Crippen LogP contribution is -2.31. The van der Waals surface area contributed by atoms with Crippen LogP contribution in [0.15, 0.2) is 55.1 Å². The van der Waals surface area contributed by atoms with E-state index in [2.05, 4.69) is 17.2 Å². The second-order valence-electron chi connectivity index (χ2n) is 6.04. The van der Waals surface area contributed by atoms with E-state index >= 15 is 0 Å². The Bertz CT molecular complexity index is 815. The number of carbonyl (C=O) groups excluding carboxylic acids is 2. The van der Waals surface area contributed by atoms with Gasteiger partial charge in [-0.05, 0) is 56.2 Å². The predicted molar refractivity (Wildman–Crippen MR) is 104 cm³/mol. The van der Waals surface area contributed by atoms with Gasteiger partial charge in [-0.15, -0.1) is 6.58 Å². The summed E-state index contributed by atoms with van der Waals surface area (Å²) in [6.45, 7) is 9.61. The topological polar surface area (TPSA) is 67.4 Å². The molecule has 2 aromatic carbocycles. The molecule has 2 amide bonds. The highest BCUT2D eigenvalue weighted by molar-refractivity contribution is 6.04. The molecule has 0 unspecified atom stereocenters. The molecular formula is C21H24N2O3. The molecule has 0 spiro atoms. The van der Waals surface area contributed by atoms with Crippen molar-refractivity contribution < 1.29 is 14.3 Å². The summed E-state index contributed by atoms with van der Waals surface area (Å²) in [7, 11) is 0. The zero-order valence-electron chi connectivity index (χ0n) is 15.3. The SMILES string of the molecule is C=CCNC(=O)c1ccccc1NC(=O)[C@@H](C)Oc1ccc(C)c(C)c1. The molecule has 2 aromatic rings. The van der Waals surface area contributed by atoms with Crippen LogP contribution in [0.5, 0.6) is 5.75 Å². The van der Waals surface area contributed by atoms with E-state index in [4.69, 9.17) is 4.74 Å². The van der Waals surface area contributed by atoms with Crippen molar-refractivity contribution in [1.29, 1.82) is 0 Å². The standard InChI is InChI=1S/C21H24N2O3/c1-5-12-22-21(25)18-8-6-7-9-19(18)23-20(24)16(4)26-17-11-10-14(2)15(3)13-17/h5-11,13,16H,1,12H2,2-4H3,(H,22,25)(H,23,24)/t16-/m1/s1. The Labute approximate surface area is 154 Å². The normalized spacial score (nSPS) is 11.3. The highest BCUT2D eigenvalue weighted by Crippen LogP contribution is 2.19. The van der Waals surface area contributed by atoms with Gasteiger partial charge in [-0.25, -0.2) is 0 Å². The Morgan fingerprint density at radius 1 is 1.15 bits per heavy atom. The van der Waals surface area contributed by atoms with Crippen LogP contribution in [-0.2, 0) is 4.79 Å². The van der Waals surface area contributed by atoms with Crippen LogP contribution >= 0.6 is 0 Å². The highest BCUT2D eigenvalue weighted by Gasteiger charge is 2.18. The van der Waals surface area contributed by atoms with Gasteiger partial charge in [0.15, 0.2) is 6.10 Å². The van der Waals surface area contributed by atoms with Gasteiger partial charge in [0.25, 0.3) is 11.8 Å². The minimum absolute atomic E-state index is 0.275. The molecule has 5 nitrogen and oxygen atoms in total. The molecule has 26 heavy (non-hydrogen) atoms. The molecule has 0 heterocycles. The van der Waals surface area contributed by atoms with Crippen molar-refractivity contribution in [3.05, 3.63) is 71.8 Å². The number of carbonyl (C=O) groups is 2. The van der Waals surface area contributed by atoms with Crippen molar-refractivity contribution in [1.82, 2.24) is 5.32 Å². The number of rotatable bonds is 7. The van der Waals surface area contributed by atoms with Crippen molar-refractivity contribution in [2.45, 2.75) is 26.9 Å². The summed E-state index contributed by atoms with van der Waals surface area (Å²) in [6.07, 6.45) is 0.889. The van der Waals surface area contributed by atoms with Gasteiger partial charge in [0.1, 0.15) is 5.75 Å². The summed E-state index contributed by atoms with van der Waals surface area (Å²) in [5.74, 6) is 0.0310. The zero-order chi connectivity index (χ0) is 19.1. The van der Waals surface area contributed by atoms with Gasteiger partial charge in [0, 0.05) is 6.54 Å². The number of nitrogens with one attached hydrogen (secondary N) is 2. The van der Waals surface area contributed by atoms with E-state index in [0.717, 1.165) is 11.1 Å². The molecule has 0 fully saturated rings. The zero-order valence-corrected chi connectivity index (χ0v) is 15.3. The lowest BCUT2D eigenvalue weighted by Gasteiger charge is -2.17. The molecule has 1 atom stereocenters. The Morgan fingerprint density at radius 2 is 1.88 bits per heavy atom. The number of benzene rings is 2. The van der Waals surface area contributed by atoms with Crippen LogP contribution in [0.2, 0.25) is 0 Å². The molecule has 0 bridgehead atoms. The fraction of sp³-hybridized carbons (Fsp3) is 0.238. The van der Waals surface area contributed by atoms with Crippen LogP contribution in [0.3, 0.4) is 0 Å². The van der Waals surface area contributed by atoms with Gasteiger partial charge in [-0.1, -0.05) is 24.3 Å². The minimum atomic E-state index is -0.707. The molecule has 0 aromatic heterocycles. The Kier molecular flexibility index (Phi) is 6.55. The molecule has 0 aliphatic heterocycles. The smallest absolute Gasteiger partial charge is 0.265 e. The van der Waals surface area contributed by atoms with Gasteiger partial charge >= 0.3 is 0 Å². The first-order chi connectivity index (χ1) is 12.4. The maximum atomic E-state index is 12.5. The maximum Gasteiger partial charge on any atom is 0.265 e. The average molecular weight is 352 g/mol. The van der Waals surface area contributed by atoms with Crippen LogP contribution in [-0.4, -0.2) is 24.5 Å². The summed E-state index contributed by atoms with van der Waals surface area (Å²) < 4.78 is 5.72. The third-order valence-corrected chi connectivity index (χ3v) is 4.00. The van der Waals surface area contributed by atoms with Crippen molar-refractivity contribution in [2.75, 3.05) is 11.9 Å². The second-order valence-corrected chi connectivity index (χ2v) is 6.04. The monoisotopic (exact) mass is 352 g/mol.